The highest BCUT2D eigenvalue weighted by Crippen LogP contribution is 2.27. The van der Waals surface area contributed by atoms with E-state index >= 15 is 0 Å². The van der Waals surface area contributed by atoms with Crippen molar-refractivity contribution in [2.75, 3.05) is 11.9 Å². The molecule has 0 bridgehead atoms. The van der Waals surface area contributed by atoms with Gasteiger partial charge in [0.2, 0.25) is 5.89 Å². The number of aromatic nitrogens is 1. The Balaban J connectivity index is 2.14. The Morgan fingerprint density at radius 3 is 2.73 bits per heavy atom. The number of nitrogens with one attached hydrogen (secondary N) is 2. The first kappa shape index (κ1) is 16.3. The molecule has 0 aliphatic heterocycles. The molecule has 0 aliphatic carbocycles. The Bertz CT molecular complexity index is 654. The summed E-state index contributed by atoms with van der Waals surface area (Å²) in [6.45, 7) is 7.91. The van der Waals surface area contributed by atoms with E-state index in [9.17, 15) is 4.79 Å². The molecular weight excluding hydrogens is 282 g/mol. The van der Waals surface area contributed by atoms with Crippen molar-refractivity contribution in [1.82, 2.24) is 10.3 Å². The second-order valence-electron chi connectivity index (χ2n) is 6.34. The number of benzene rings is 1. The number of anilines is 1. The van der Waals surface area contributed by atoms with Crippen molar-refractivity contribution in [2.45, 2.75) is 45.6 Å². The van der Waals surface area contributed by atoms with Crippen LogP contribution in [0, 0.1) is 0 Å². The highest BCUT2D eigenvalue weighted by molar-refractivity contribution is 5.91. The minimum Gasteiger partial charge on any atom is -0.440 e. The minimum absolute atomic E-state index is 0.0822. The maximum Gasteiger partial charge on any atom is 0.319 e. The molecule has 2 amide bonds. The molecule has 22 heavy (non-hydrogen) atoms. The predicted molar refractivity (Wildman–Crippen MR) is 86.0 cm³/mol. The fraction of sp³-hybridized carbons (Fsp3) is 0.500. The lowest BCUT2D eigenvalue weighted by atomic mass is 9.97. The molecule has 0 fully saturated rings. The zero-order chi connectivity index (χ0) is 16.3. The van der Waals surface area contributed by atoms with Crippen LogP contribution in [0.3, 0.4) is 0 Å². The smallest absolute Gasteiger partial charge is 0.319 e. The number of amides is 2. The third kappa shape index (κ3) is 3.76. The number of fused-ring (bicyclic) bond motifs is 1. The molecule has 1 atom stereocenters. The zero-order valence-electron chi connectivity index (χ0n) is 13.4. The molecule has 2 aromatic rings. The van der Waals surface area contributed by atoms with Crippen LogP contribution in [-0.2, 0) is 5.41 Å². The van der Waals surface area contributed by atoms with Crippen LogP contribution < -0.4 is 10.6 Å². The first-order chi connectivity index (χ1) is 10.3. The van der Waals surface area contributed by atoms with E-state index in [4.69, 9.17) is 9.52 Å². The number of oxazole rings is 1. The summed E-state index contributed by atoms with van der Waals surface area (Å²) in [5.41, 5.74) is 1.86. The number of urea groups is 1. The quantitative estimate of drug-likeness (QED) is 0.810. The Morgan fingerprint density at radius 1 is 1.41 bits per heavy atom. The van der Waals surface area contributed by atoms with Gasteiger partial charge in [0, 0.05) is 11.1 Å². The maximum absolute atomic E-state index is 11.9. The average Bonchev–Trinajstić information content (AvgIpc) is 2.88. The van der Waals surface area contributed by atoms with Gasteiger partial charge < -0.3 is 20.2 Å². The summed E-state index contributed by atoms with van der Waals surface area (Å²) in [7, 11) is 0. The third-order valence-corrected chi connectivity index (χ3v) is 3.34. The summed E-state index contributed by atoms with van der Waals surface area (Å²) in [6, 6.07) is 4.73. The number of aliphatic hydroxyl groups excluding tert-OH is 1. The van der Waals surface area contributed by atoms with Crippen LogP contribution in [0.5, 0.6) is 0 Å². The number of rotatable bonds is 4. The van der Waals surface area contributed by atoms with E-state index in [0.717, 1.165) is 0 Å². The monoisotopic (exact) mass is 305 g/mol. The molecule has 1 aromatic heterocycles. The van der Waals surface area contributed by atoms with E-state index in [0.29, 0.717) is 29.1 Å². The Hall–Kier alpha value is -2.08. The standard InChI is InChI=1S/C16H23N3O3/c1-5-10(9-20)17-15(21)18-11-6-7-13-12(8-11)19-14(22-13)16(2,3)4/h6-8,10,20H,5,9H2,1-4H3,(H2,17,18,21). The topological polar surface area (TPSA) is 87.4 Å². The highest BCUT2D eigenvalue weighted by atomic mass is 16.3. The second kappa shape index (κ2) is 6.36. The maximum atomic E-state index is 11.9. The number of nitrogens with zero attached hydrogens (tertiary/aromatic N) is 1. The minimum atomic E-state index is -0.347. The summed E-state index contributed by atoms with van der Waals surface area (Å²) < 4.78 is 5.72. The summed E-state index contributed by atoms with van der Waals surface area (Å²) in [5.74, 6) is 0.662. The molecule has 0 aliphatic rings. The van der Waals surface area contributed by atoms with Gasteiger partial charge in [-0.15, -0.1) is 0 Å². The van der Waals surface area contributed by atoms with Crippen LogP contribution in [0.1, 0.15) is 40.0 Å². The lowest BCUT2D eigenvalue weighted by molar-refractivity contribution is 0.222. The van der Waals surface area contributed by atoms with E-state index in [1.54, 1.807) is 18.2 Å². The van der Waals surface area contributed by atoms with Gasteiger partial charge in [0.05, 0.1) is 12.6 Å². The highest BCUT2D eigenvalue weighted by Gasteiger charge is 2.21. The van der Waals surface area contributed by atoms with Gasteiger partial charge >= 0.3 is 6.03 Å². The fourth-order valence-corrected chi connectivity index (χ4v) is 1.96. The lowest BCUT2D eigenvalue weighted by Gasteiger charge is -2.14. The van der Waals surface area contributed by atoms with Crippen molar-refractivity contribution >= 4 is 22.8 Å². The molecular formula is C16H23N3O3. The van der Waals surface area contributed by atoms with E-state index in [2.05, 4.69) is 15.6 Å². The van der Waals surface area contributed by atoms with Crippen molar-refractivity contribution < 1.29 is 14.3 Å². The van der Waals surface area contributed by atoms with Gasteiger partial charge in [0.15, 0.2) is 5.58 Å². The largest absolute Gasteiger partial charge is 0.440 e. The van der Waals surface area contributed by atoms with Crippen LogP contribution >= 0.6 is 0 Å². The molecule has 120 valence electrons. The van der Waals surface area contributed by atoms with Crippen LogP contribution in [0.2, 0.25) is 0 Å². The normalized spacial score (nSPS) is 13.1. The van der Waals surface area contributed by atoms with Crippen LogP contribution in [0.15, 0.2) is 22.6 Å². The van der Waals surface area contributed by atoms with Crippen molar-refractivity contribution in [2.24, 2.45) is 0 Å². The molecule has 0 saturated carbocycles. The van der Waals surface area contributed by atoms with Crippen molar-refractivity contribution in [1.29, 1.82) is 0 Å². The fourth-order valence-electron chi connectivity index (χ4n) is 1.96. The number of carbonyl (C=O) groups is 1. The summed E-state index contributed by atoms with van der Waals surface area (Å²) in [6.07, 6.45) is 0.668. The van der Waals surface area contributed by atoms with Crippen LogP contribution in [-0.4, -0.2) is 28.8 Å². The predicted octanol–water partition coefficient (Wildman–Crippen LogP) is 3.02. The molecule has 3 N–H and O–H groups in total. The van der Waals surface area contributed by atoms with Crippen molar-refractivity contribution in [3.8, 4) is 0 Å². The summed E-state index contributed by atoms with van der Waals surface area (Å²) in [4.78, 5) is 16.3. The lowest BCUT2D eigenvalue weighted by Crippen LogP contribution is -2.39. The number of hydrogen-bond donors (Lipinski definition) is 3. The number of carbonyl (C=O) groups excluding carboxylic acids is 1. The Kier molecular flexibility index (Phi) is 4.71. The third-order valence-electron chi connectivity index (χ3n) is 3.34. The van der Waals surface area contributed by atoms with Gasteiger partial charge in [-0.05, 0) is 24.6 Å². The molecule has 6 heteroatoms. The molecule has 1 heterocycles. The van der Waals surface area contributed by atoms with Gasteiger partial charge in [-0.25, -0.2) is 9.78 Å². The number of hydrogen-bond acceptors (Lipinski definition) is 4. The van der Waals surface area contributed by atoms with Crippen molar-refractivity contribution in [3.63, 3.8) is 0 Å². The van der Waals surface area contributed by atoms with E-state index < -0.39 is 0 Å². The van der Waals surface area contributed by atoms with Crippen molar-refractivity contribution in [3.05, 3.63) is 24.1 Å². The van der Waals surface area contributed by atoms with E-state index in [-0.39, 0.29) is 24.1 Å². The van der Waals surface area contributed by atoms with E-state index in [1.165, 1.54) is 0 Å². The summed E-state index contributed by atoms with van der Waals surface area (Å²) >= 11 is 0. The van der Waals surface area contributed by atoms with Gasteiger partial charge in [0.25, 0.3) is 0 Å². The molecule has 0 radical (unpaired) electrons. The molecule has 1 unspecified atom stereocenters. The van der Waals surface area contributed by atoms with Crippen LogP contribution in [0.4, 0.5) is 10.5 Å². The zero-order valence-corrected chi connectivity index (χ0v) is 13.4. The first-order valence-corrected chi connectivity index (χ1v) is 7.43. The van der Waals surface area contributed by atoms with Gasteiger partial charge in [0.1, 0.15) is 5.52 Å². The molecule has 0 saturated heterocycles. The Morgan fingerprint density at radius 2 is 2.14 bits per heavy atom. The number of aliphatic hydroxyl groups is 1. The SMILES string of the molecule is CCC(CO)NC(=O)Nc1ccc2oc(C(C)(C)C)nc2c1. The Labute approximate surface area is 129 Å². The molecule has 6 nitrogen and oxygen atoms in total. The second-order valence-corrected chi connectivity index (χ2v) is 6.34. The van der Waals surface area contributed by atoms with Gasteiger partial charge in [-0.2, -0.15) is 0 Å². The molecule has 1 aromatic carbocycles. The average molecular weight is 305 g/mol. The van der Waals surface area contributed by atoms with Gasteiger partial charge in [-0.3, -0.25) is 0 Å². The molecule has 2 rings (SSSR count). The molecule has 0 spiro atoms. The van der Waals surface area contributed by atoms with E-state index in [1.807, 2.05) is 27.7 Å². The van der Waals surface area contributed by atoms with Gasteiger partial charge in [-0.1, -0.05) is 27.7 Å². The first-order valence-electron chi connectivity index (χ1n) is 7.43. The summed E-state index contributed by atoms with van der Waals surface area (Å²) in [5, 5.41) is 14.5. The van der Waals surface area contributed by atoms with Crippen LogP contribution in [0.25, 0.3) is 11.1 Å².